The lowest BCUT2D eigenvalue weighted by molar-refractivity contribution is 0.0998. The Balaban J connectivity index is 2.18. The van der Waals surface area contributed by atoms with E-state index in [9.17, 15) is 5.11 Å². The van der Waals surface area contributed by atoms with Crippen LogP contribution >= 0.6 is 34.6 Å². The van der Waals surface area contributed by atoms with Crippen molar-refractivity contribution in [1.29, 1.82) is 0 Å². The second-order valence-electron chi connectivity index (χ2n) is 4.81. The number of aryl methyl sites for hydroxylation is 1. The standard InChI is InChI=1S/C12H18N4OS3/c1-7-15-8(4-19-7)9-10(13)16-20-11(9)14-5-12(2,17)6-18-3/h4,14,17H,5-6H2,1-3H3,(H2,13,16). The zero-order valence-corrected chi connectivity index (χ0v) is 14.1. The fourth-order valence-electron chi connectivity index (χ4n) is 1.78. The lowest BCUT2D eigenvalue weighted by atomic mass is 10.1. The van der Waals surface area contributed by atoms with Gasteiger partial charge < -0.3 is 16.2 Å². The van der Waals surface area contributed by atoms with E-state index in [4.69, 9.17) is 5.73 Å². The molecule has 0 saturated heterocycles. The zero-order valence-electron chi connectivity index (χ0n) is 11.6. The Hall–Kier alpha value is -0.830. The van der Waals surface area contributed by atoms with Crippen LogP contribution in [0.5, 0.6) is 0 Å². The molecule has 0 aliphatic heterocycles. The molecular weight excluding hydrogens is 312 g/mol. The summed E-state index contributed by atoms with van der Waals surface area (Å²) in [6.07, 6.45) is 1.97. The van der Waals surface area contributed by atoms with Crippen molar-refractivity contribution in [3.63, 3.8) is 0 Å². The summed E-state index contributed by atoms with van der Waals surface area (Å²) in [4.78, 5) is 4.45. The highest BCUT2D eigenvalue weighted by Gasteiger charge is 2.22. The van der Waals surface area contributed by atoms with E-state index in [0.717, 1.165) is 21.3 Å². The first-order chi connectivity index (χ1) is 9.43. The van der Waals surface area contributed by atoms with Crippen molar-refractivity contribution in [2.75, 3.05) is 29.6 Å². The van der Waals surface area contributed by atoms with Crippen LogP contribution in [0, 0.1) is 6.92 Å². The van der Waals surface area contributed by atoms with Gasteiger partial charge in [-0.25, -0.2) is 4.98 Å². The van der Waals surface area contributed by atoms with Crippen molar-refractivity contribution >= 4 is 45.5 Å². The summed E-state index contributed by atoms with van der Waals surface area (Å²) in [7, 11) is 0. The number of hydrogen-bond acceptors (Lipinski definition) is 8. The van der Waals surface area contributed by atoms with E-state index in [-0.39, 0.29) is 0 Å². The van der Waals surface area contributed by atoms with Gasteiger partial charge in [-0.15, -0.1) is 11.3 Å². The molecule has 0 aliphatic rings. The number of rotatable bonds is 6. The molecule has 0 amide bonds. The van der Waals surface area contributed by atoms with Gasteiger partial charge in [-0.3, -0.25) is 0 Å². The number of hydrogen-bond donors (Lipinski definition) is 3. The molecular formula is C12H18N4OS3. The molecule has 0 aromatic carbocycles. The van der Waals surface area contributed by atoms with E-state index < -0.39 is 5.60 Å². The Labute approximate surface area is 130 Å². The molecule has 2 aromatic heterocycles. The number of thiazole rings is 1. The number of thioether (sulfide) groups is 1. The topological polar surface area (TPSA) is 84.1 Å². The molecule has 2 heterocycles. The number of nitrogens with two attached hydrogens (primary N) is 1. The third kappa shape index (κ3) is 3.63. The third-order valence-electron chi connectivity index (χ3n) is 2.68. The molecule has 110 valence electrons. The highest BCUT2D eigenvalue weighted by Crippen LogP contribution is 2.37. The van der Waals surface area contributed by atoms with Gasteiger partial charge in [-0.05, 0) is 31.6 Å². The van der Waals surface area contributed by atoms with Crippen molar-refractivity contribution in [2.45, 2.75) is 19.4 Å². The van der Waals surface area contributed by atoms with Gasteiger partial charge in [-0.2, -0.15) is 16.1 Å². The first-order valence-electron chi connectivity index (χ1n) is 6.06. The van der Waals surface area contributed by atoms with Gasteiger partial charge >= 0.3 is 0 Å². The molecule has 4 N–H and O–H groups in total. The van der Waals surface area contributed by atoms with Gasteiger partial charge in [0.1, 0.15) is 10.8 Å². The average molecular weight is 331 g/mol. The van der Waals surface area contributed by atoms with Crippen LogP contribution in [0.1, 0.15) is 11.9 Å². The second kappa shape index (κ2) is 6.30. The molecule has 5 nitrogen and oxygen atoms in total. The average Bonchev–Trinajstić information content (AvgIpc) is 2.93. The number of aromatic nitrogens is 2. The summed E-state index contributed by atoms with van der Waals surface area (Å²) in [6.45, 7) is 4.22. The normalized spacial score (nSPS) is 14.2. The molecule has 0 fully saturated rings. The number of anilines is 2. The number of nitrogens with zero attached hydrogens (tertiary/aromatic N) is 2. The highest BCUT2D eigenvalue weighted by atomic mass is 32.2. The predicted octanol–water partition coefficient (Wildman–Crippen LogP) is 2.68. The van der Waals surface area contributed by atoms with Crippen LogP contribution in [0.4, 0.5) is 10.8 Å². The van der Waals surface area contributed by atoms with Gasteiger partial charge in [-0.1, -0.05) is 0 Å². The van der Waals surface area contributed by atoms with Gasteiger partial charge in [0, 0.05) is 17.7 Å². The summed E-state index contributed by atoms with van der Waals surface area (Å²) >= 11 is 4.50. The van der Waals surface area contributed by atoms with Crippen LogP contribution in [0.3, 0.4) is 0 Å². The molecule has 1 unspecified atom stereocenters. The zero-order chi connectivity index (χ0) is 14.8. The van der Waals surface area contributed by atoms with E-state index in [1.165, 1.54) is 11.5 Å². The fraction of sp³-hybridized carbons (Fsp3) is 0.500. The van der Waals surface area contributed by atoms with Gasteiger partial charge in [0.15, 0.2) is 0 Å². The lowest BCUT2D eigenvalue weighted by Gasteiger charge is -2.22. The maximum absolute atomic E-state index is 10.2. The maximum Gasteiger partial charge on any atom is 0.148 e. The Bertz CT molecular complexity index is 579. The summed E-state index contributed by atoms with van der Waals surface area (Å²) in [5.74, 6) is 1.15. The molecule has 0 saturated carbocycles. The minimum absolute atomic E-state index is 0.450. The Morgan fingerprint density at radius 1 is 1.55 bits per heavy atom. The summed E-state index contributed by atoms with van der Waals surface area (Å²) < 4.78 is 4.18. The van der Waals surface area contributed by atoms with Gasteiger partial charge in [0.25, 0.3) is 0 Å². The Morgan fingerprint density at radius 3 is 2.90 bits per heavy atom. The number of nitrogens with one attached hydrogen (secondary N) is 1. The quantitative estimate of drug-likeness (QED) is 0.755. The van der Waals surface area contributed by atoms with E-state index in [2.05, 4.69) is 14.7 Å². The summed E-state index contributed by atoms with van der Waals surface area (Å²) in [6, 6.07) is 0. The first kappa shape index (κ1) is 15.6. The highest BCUT2D eigenvalue weighted by molar-refractivity contribution is 7.98. The van der Waals surface area contributed by atoms with Crippen LogP contribution in [0.25, 0.3) is 11.3 Å². The number of aliphatic hydroxyl groups is 1. The summed E-state index contributed by atoms with van der Waals surface area (Å²) in [5.41, 5.74) is 6.84. The molecule has 2 rings (SSSR count). The van der Waals surface area contributed by atoms with E-state index in [1.807, 2.05) is 25.5 Å². The van der Waals surface area contributed by atoms with Crippen molar-refractivity contribution in [3.8, 4) is 11.3 Å². The van der Waals surface area contributed by atoms with Gasteiger partial charge in [0.2, 0.25) is 0 Å². The molecule has 8 heteroatoms. The monoisotopic (exact) mass is 330 g/mol. The largest absolute Gasteiger partial charge is 0.387 e. The first-order valence-corrected chi connectivity index (χ1v) is 9.10. The van der Waals surface area contributed by atoms with Crippen molar-refractivity contribution < 1.29 is 5.11 Å². The van der Waals surface area contributed by atoms with Crippen molar-refractivity contribution in [2.24, 2.45) is 0 Å². The minimum atomic E-state index is -0.770. The van der Waals surface area contributed by atoms with E-state index >= 15 is 0 Å². The minimum Gasteiger partial charge on any atom is -0.387 e. The molecule has 2 aromatic rings. The molecule has 0 spiro atoms. The van der Waals surface area contributed by atoms with Gasteiger partial charge in [0.05, 0.1) is 21.9 Å². The van der Waals surface area contributed by atoms with E-state index in [1.54, 1.807) is 23.1 Å². The van der Waals surface area contributed by atoms with Crippen LogP contribution in [0.15, 0.2) is 5.38 Å². The Morgan fingerprint density at radius 2 is 2.30 bits per heavy atom. The molecule has 0 aliphatic carbocycles. The smallest absolute Gasteiger partial charge is 0.148 e. The van der Waals surface area contributed by atoms with Crippen LogP contribution in [-0.2, 0) is 0 Å². The molecule has 20 heavy (non-hydrogen) atoms. The third-order valence-corrected chi connectivity index (χ3v) is 5.18. The second-order valence-corrected chi connectivity index (χ2v) is 7.51. The van der Waals surface area contributed by atoms with Crippen molar-refractivity contribution in [1.82, 2.24) is 9.36 Å². The maximum atomic E-state index is 10.2. The van der Waals surface area contributed by atoms with Crippen LogP contribution in [-0.4, -0.2) is 38.6 Å². The molecule has 0 radical (unpaired) electrons. The van der Waals surface area contributed by atoms with Crippen LogP contribution < -0.4 is 11.1 Å². The van der Waals surface area contributed by atoms with Crippen LogP contribution in [0.2, 0.25) is 0 Å². The van der Waals surface area contributed by atoms with Crippen molar-refractivity contribution in [3.05, 3.63) is 10.4 Å². The predicted molar refractivity (Wildman–Crippen MR) is 89.9 cm³/mol. The number of nitrogen functional groups attached to an aromatic ring is 1. The fourth-order valence-corrected chi connectivity index (χ4v) is 3.83. The molecule has 1 atom stereocenters. The lowest BCUT2D eigenvalue weighted by Crippen LogP contribution is -2.35. The molecule has 0 bridgehead atoms. The van der Waals surface area contributed by atoms with E-state index in [0.29, 0.717) is 18.1 Å². The summed E-state index contributed by atoms with van der Waals surface area (Å²) in [5, 5.41) is 17.3. The SMILES string of the molecule is CSCC(C)(O)CNc1snc(N)c1-c1csc(C)n1. The Kier molecular flexibility index (Phi) is 4.90.